The number of primary amides is 1. The van der Waals surface area contributed by atoms with Crippen molar-refractivity contribution in [3.05, 3.63) is 149 Å². The second kappa shape index (κ2) is 28.6. The van der Waals surface area contributed by atoms with Crippen molar-refractivity contribution in [2.45, 2.75) is 108 Å². The predicted octanol–water partition coefficient (Wildman–Crippen LogP) is 0.723. The molecule has 85 heavy (non-hydrogen) atoms. The zero-order valence-electron chi connectivity index (χ0n) is 47.4. The predicted molar refractivity (Wildman–Crippen MR) is 310 cm³/mol. The molecule has 0 saturated carbocycles. The van der Waals surface area contributed by atoms with E-state index in [1.165, 1.54) is 63.4 Å². The molecule has 448 valence electrons. The van der Waals surface area contributed by atoms with Crippen LogP contribution in [-0.2, 0) is 54.4 Å². The standard InChI is InChI=1S/C61H70N10O14/c1-6-15-36-16-10-11-17-37(36)25-28-46(73)66-49(35(4)72)57(80)64-34(3)55(78)68-48(54(62)77)33(2)59(82)71-32-47(74)67-51(53(76)38-18-8-7-9-19-38)61(84)70-29-14-22-45(70)56(79)69-50(52(75)39-23-26-41(85-5)27-24-39)58(81)65-44(60(71)83)30-40-31-63-43-21-13-12-20-42(40)43/h6-13,15-21,23-28,31,33-35,44-45,48-53,63,72,75-76H,14,22,29-30,32H2,1-5H3,(H2,62,77)(H,64,80)(H,65,81)(H,66,73)(H,67,74)(H,68,78)(H,69,79)/b15-6-,28-25-/t33-,34-,35+,44+,45-,48-,49-,50-,51-,52-,53-/m0/s1. The number of aliphatic hydroxyl groups excluding tert-OH is 3. The fraction of sp³-hybridized carbons (Fsp3) is 0.344. The van der Waals surface area contributed by atoms with Gasteiger partial charge in [0.05, 0.1) is 19.1 Å². The topological polar surface area (TPSA) is 361 Å². The SMILES string of the molecule is C/C=C\c1ccccc1/C=C\C(=O)N[C@H](C(=O)N[C@@H](C)C(=O)N[C@H](C(N)=O)[C@H](C)C(=O)N1CC(=O)N[C@@H]([C@@H](O)c2ccccc2)C(=O)N2CCC[C@H]2C(=O)N[C@@H]([C@@H](O)c2ccc(OC)cc2)C(=O)N[C@H](Cc2c[nH]c3ccccc23)C1=O)[C@@H](C)O. The maximum atomic E-state index is 15.5. The van der Waals surface area contributed by atoms with Crippen LogP contribution in [0.3, 0.4) is 0 Å². The Bertz CT molecular complexity index is 3350. The summed E-state index contributed by atoms with van der Waals surface area (Å²) in [6.45, 7) is 4.05. The van der Waals surface area contributed by atoms with Crippen molar-refractivity contribution in [3.63, 3.8) is 0 Å². The van der Waals surface area contributed by atoms with Gasteiger partial charge in [0.1, 0.15) is 66.8 Å². The van der Waals surface area contributed by atoms with E-state index in [1.807, 2.05) is 31.2 Å². The number of aliphatic hydroxyl groups is 3. The molecule has 5 aromatic rings. The van der Waals surface area contributed by atoms with Gasteiger partial charge in [-0.1, -0.05) is 104 Å². The number of allylic oxidation sites excluding steroid dienone is 1. The van der Waals surface area contributed by atoms with Gasteiger partial charge in [0.2, 0.25) is 53.2 Å². The lowest BCUT2D eigenvalue weighted by molar-refractivity contribution is -0.154. The summed E-state index contributed by atoms with van der Waals surface area (Å²) in [7, 11) is 1.42. The van der Waals surface area contributed by atoms with E-state index in [0.29, 0.717) is 32.7 Å². The number of fused-ring (bicyclic) bond motifs is 2. The highest BCUT2D eigenvalue weighted by Crippen LogP contribution is 2.28. The maximum Gasteiger partial charge on any atom is 0.252 e. The molecule has 0 spiro atoms. The number of methoxy groups -OCH3 is 1. The lowest BCUT2D eigenvalue weighted by Gasteiger charge is -2.32. The third-order valence-electron chi connectivity index (χ3n) is 14.8. The Hall–Kier alpha value is -9.52. The summed E-state index contributed by atoms with van der Waals surface area (Å²) in [5.74, 6) is -12.5. The summed E-state index contributed by atoms with van der Waals surface area (Å²) in [6.07, 6.45) is 2.64. The third kappa shape index (κ3) is 15.4. The molecule has 2 aliphatic heterocycles. The van der Waals surface area contributed by atoms with E-state index in [-0.39, 0.29) is 30.5 Å². The van der Waals surface area contributed by atoms with E-state index in [0.717, 1.165) is 23.5 Å². The minimum absolute atomic E-state index is 0.0543. The van der Waals surface area contributed by atoms with Gasteiger partial charge in [0.25, 0.3) is 5.91 Å². The third-order valence-corrected chi connectivity index (χ3v) is 14.8. The molecular formula is C61H70N10O14. The zero-order valence-corrected chi connectivity index (χ0v) is 47.4. The highest BCUT2D eigenvalue weighted by atomic mass is 16.5. The van der Waals surface area contributed by atoms with Crippen molar-refractivity contribution >= 4 is 82.1 Å². The number of hydrogen-bond acceptors (Lipinski definition) is 14. The summed E-state index contributed by atoms with van der Waals surface area (Å²) in [6, 6.07) is 15.6. The largest absolute Gasteiger partial charge is 0.497 e. The minimum Gasteiger partial charge on any atom is -0.497 e. The summed E-state index contributed by atoms with van der Waals surface area (Å²) in [4.78, 5) is 148. The average Bonchev–Trinajstić information content (AvgIpc) is 4.33. The molecule has 11 atom stereocenters. The van der Waals surface area contributed by atoms with E-state index < -0.39 is 139 Å². The van der Waals surface area contributed by atoms with Gasteiger partial charge in [-0.05, 0) is 85.7 Å². The number of ether oxygens (including phenoxy) is 1. The Morgan fingerprint density at radius 2 is 1.35 bits per heavy atom. The molecule has 4 aromatic carbocycles. The van der Waals surface area contributed by atoms with Crippen molar-refractivity contribution in [1.82, 2.24) is 46.7 Å². The molecule has 2 fully saturated rings. The lowest BCUT2D eigenvalue weighted by Crippen LogP contribution is -2.62. The second-order valence-electron chi connectivity index (χ2n) is 20.8. The number of H-pyrrole nitrogens is 1. The number of nitrogens with zero attached hydrogens (tertiary/aromatic N) is 2. The average molecular weight is 1170 g/mol. The molecule has 1 aromatic heterocycles. The molecule has 24 heteroatoms. The molecule has 0 bridgehead atoms. The van der Waals surface area contributed by atoms with E-state index in [9.17, 15) is 53.7 Å². The summed E-state index contributed by atoms with van der Waals surface area (Å²) >= 11 is 0. The maximum absolute atomic E-state index is 15.5. The molecule has 3 heterocycles. The number of nitrogens with one attached hydrogen (secondary N) is 7. The van der Waals surface area contributed by atoms with Gasteiger partial charge in [-0.3, -0.25) is 52.8 Å². The summed E-state index contributed by atoms with van der Waals surface area (Å²) in [5, 5.41) is 49.9. The summed E-state index contributed by atoms with van der Waals surface area (Å²) < 4.78 is 5.28. The van der Waals surface area contributed by atoms with Gasteiger partial charge in [0.15, 0.2) is 0 Å². The van der Waals surface area contributed by atoms with Crippen LogP contribution in [-0.4, -0.2) is 158 Å². The Labute approximate surface area is 489 Å². The highest BCUT2D eigenvalue weighted by Gasteiger charge is 2.46. The van der Waals surface area contributed by atoms with Gasteiger partial charge < -0.3 is 67.6 Å². The second-order valence-corrected chi connectivity index (χ2v) is 20.8. The summed E-state index contributed by atoms with van der Waals surface area (Å²) in [5.41, 5.74) is 8.61. The number of benzene rings is 4. The smallest absolute Gasteiger partial charge is 0.252 e. The Morgan fingerprint density at radius 3 is 2.01 bits per heavy atom. The fourth-order valence-electron chi connectivity index (χ4n) is 10.2. The number of aromatic nitrogens is 1. The van der Waals surface area contributed by atoms with Crippen LogP contribution < -0.4 is 42.4 Å². The molecule has 0 aliphatic carbocycles. The van der Waals surface area contributed by atoms with Crippen LogP contribution >= 0.6 is 0 Å². The zero-order chi connectivity index (χ0) is 61.6. The van der Waals surface area contributed by atoms with Gasteiger partial charge in [-0.2, -0.15) is 0 Å². The molecule has 24 nitrogen and oxygen atoms in total. The first-order valence-corrected chi connectivity index (χ1v) is 27.6. The van der Waals surface area contributed by atoms with Crippen LogP contribution in [0.1, 0.15) is 80.6 Å². The molecule has 7 rings (SSSR count). The number of nitrogens with two attached hydrogens (primary N) is 1. The van der Waals surface area contributed by atoms with E-state index >= 15 is 9.59 Å². The van der Waals surface area contributed by atoms with Crippen LogP contribution in [0, 0.1) is 5.92 Å². The van der Waals surface area contributed by atoms with Gasteiger partial charge in [-0.15, -0.1) is 0 Å². The first-order chi connectivity index (χ1) is 40.6. The van der Waals surface area contributed by atoms with Crippen molar-refractivity contribution in [1.29, 1.82) is 0 Å². The monoisotopic (exact) mass is 1170 g/mol. The number of imide groups is 1. The quantitative estimate of drug-likeness (QED) is 0.0508. The Morgan fingerprint density at radius 1 is 0.718 bits per heavy atom. The van der Waals surface area contributed by atoms with Gasteiger partial charge in [-0.25, -0.2) is 0 Å². The number of carbonyl (C=O) groups is 10. The van der Waals surface area contributed by atoms with Crippen LogP contribution in [0.25, 0.3) is 23.1 Å². The van der Waals surface area contributed by atoms with Crippen molar-refractivity contribution < 1.29 is 68.0 Å². The Balaban J connectivity index is 1.23. The van der Waals surface area contributed by atoms with Gasteiger partial charge in [0, 0.05) is 36.1 Å². The van der Waals surface area contributed by atoms with Crippen molar-refractivity contribution in [3.8, 4) is 5.75 Å². The normalized spacial score (nSPS) is 20.5. The minimum atomic E-state index is -2.00. The van der Waals surface area contributed by atoms with E-state index in [1.54, 1.807) is 60.8 Å². The first kappa shape index (κ1) is 63.1. The van der Waals surface area contributed by atoms with Crippen molar-refractivity contribution in [2.24, 2.45) is 11.7 Å². The molecule has 10 amide bonds. The number of rotatable bonds is 19. The van der Waals surface area contributed by atoms with Crippen LogP contribution in [0.2, 0.25) is 0 Å². The van der Waals surface area contributed by atoms with Crippen molar-refractivity contribution in [2.75, 3.05) is 20.2 Å². The Kier molecular flexibility index (Phi) is 21.3. The number of hydrogen-bond donors (Lipinski definition) is 11. The first-order valence-electron chi connectivity index (χ1n) is 27.6. The van der Waals surface area contributed by atoms with E-state index in [4.69, 9.17) is 10.5 Å². The number of amides is 10. The molecular weight excluding hydrogens is 1100 g/mol. The lowest BCUT2D eigenvalue weighted by atomic mass is 9.97. The number of aromatic amines is 1. The molecule has 0 unspecified atom stereocenters. The highest BCUT2D eigenvalue weighted by molar-refractivity contribution is 6.06. The van der Waals surface area contributed by atoms with E-state index in [2.05, 4.69) is 36.9 Å². The van der Waals surface area contributed by atoms with Crippen LogP contribution in [0.5, 0.6) is 5.75 Å². The molecule has 0 radical (unpaired) electrons. The molecule has 12 N–H and O–H groups in total. The number of para-hydroxylation sites is 1. The molecule has 2 saturated heterocycles. The van der Waals surface area contributed by atoms with Crippen LogP contribution in [0.15, 0.2) is 121 Å². The fourth-order valence-corrected chi connectivity index (χ4v) is 10.2. The van der Waals surface area contributed by atoms with Crippen LogP contribution in [0.4, 0.5) is 0 Å². The number of carbonyl (C=O) groups excluding carboxylic acids is 10. The van der Waals surface area contributed by atoms with Gasteiger partial charge >= 0.3 is 0 Å². The molecule has 2 aliphatic rings.